The molecule has 7 heteroatoms. The summed E-state index contributed by atoms with van der Waals surface area (Å²) in [4.78, 5) is 15.0. The van der Waals surface area contributed by atoms with Gasteiger partial charge in [-0.15, -0.1) is 0 Å². The third-order valence-corrected chi connectivity index (χ3v) is 9.01. The Labute approximate surface area is 185 Å². The molecule has 3 atom stereocenters. The molecule has 0 bridgehead atoms. The second-order valence-corrected chi connectivity index (χ2v) is 11.1. The highest BCUT2D eigenvalue weighted by molar-refractivity contribution is 7.89. The summed E-state index contributed by atoms with van der Waals surface area (Å²) in [5.41, 5.74) is 0. The molecule has 1 N–H and O–H groups in total. The number of sulfonamides is 1. The molecule has 2 aliphatic rings. The quantitative estimate of drug-likeness (QED) is 0.771. The monoisotopic (exact) mass is 443 g/mol. The Hall–Kier alpha value is -1.96. The number of hydrogen-bond donors (Lipinski definition) is 1. The van der Waals surface area contributed by atoms with Crippen molar-refractivity contribution in [2.24, 2.45) is 11.8 Å². The summed E-state index contributed by atoms with van der Waals surface area (Å²) in [5, 5.41) is 5.17. The lowest BCUT2D eigenvalue weighted by molar-refractivity contribution is -0.124. The normalized spacial score (nSPS) is 26.1. The van der Waals surface area contributed by atoms with E-state index in [-0.39, 0.29) is 11.9 Å². The number of piperazine rings is 1. The van der Waals surface area contributed by atoms with E-state index in [2.05, 4.69) is 24.1 Å². The van der Waals surface area contributed by atoms with Crippen molar-refractivity contribution in [3.63, 3.8) is 0 Å². The molecule has 0 unspecified atom stereocenters. The van der Waals surface area contributed by atoms with Gasteiger partial charge in [0, 0.05) is 32.2 Å². The maximum atomic E-state index is 13.1. The van der Waals surface area contributed by atoms with Gasteiger partial charge < -0.3 is 5.32 Å². The second-order valence-electron chi connectivity index (χ2n) is 9.13. The van der Waals surface area contributed by atoms with E-state index in [9.17, 15) is 13.2 Å². The Morgan fingerprint density at radius 1 is 1.00 bits per heavy atom. The van der Waals surface area contributed by atoms with E-state index in [1.54, 1.807) is 12.1 Å². The zero-order chi connectivity index (χ0) is 22.0. The summed E-state index contributed by atoms with van der Waals surface area (Å²) in [6.45, 7) is 6.76. The zero-order valence-electron chi connectivity index (χ0n) is 18.5. The van der Waals surface area contributed by atoms with E-state index >= 15 is 0 Å². The Balaban J connectivity index is 1.32. The standard InChI is InChI=1S/C24H33N3O3S/c1-18-6-5-9-23(19(18)2)25-24(28)17-26-12-14-27(15-13-26)31(29,30)22-11-10-20-7-3-4-8-21(20)16-22/h3-4,7-8,10-11,16,18-19,23H,5-6,9,12-15,17H2,1-2H3,(H,25,28)/t18-,19+,23-/m0/s1. The van der Waals surface area contributed by atoms with Gasteiger partial charge in [0.15, 0.2) is 0 Å². The zero-order valence-corrected chi connectivity index (χ0v) is 19.3. The number of carbonyl (C=O) groups excluding carboxylic acids is 1. The summed E-state index contributed by atoms with van der Waals surface area (Å²) < 4.78 is 27.8. The molecule has 1 amide bonds. The number of fused-ring (bicyclic) bond motifs is 1. The lowest BCUT2D eigenvalue weighted by Crippen LogP contribution is -2.52. The first kappa shape index (κ1) is 22.2. The van der Waals surface area contributed by atoms with Gasteiger partial charge in [-0.2, -0.15) is 4.31 Å². The number of nitrogens with zero attached hydrogens (tertiary/aromatic N) is 2. The van der Waals surface area contributed by atoms with Crippen LogP contribution in [-0.2, 0) is 14.8 Å². The van der Waals surface area contributed by atoms with Gasteiger partial charge in [0.25, 0.3) is 0 Å². The van der Waals surface area contributed by atoms with Crippen LogP contribution in [0.5, 0.6) is 0 Å². The van der Waals surface area contributed by atoms with Crippen LogP contribution in [0.15, 0.2) is 47.4 Å². The molecular weight excluding hydrogens is 410 g/mol. The van der Waals surface area contributed by atoms with Gasteiger partial charge in [-0.05, 0) is 41.2 Å². The van der Waals surface area contributed by atoms with Crippen LogP contribution in [0.2, 0.25) is 0 Å². The van der Waals surface area contributed by atoms with Gasteiger partial charge >= 0.3 is 0 Å². The van der Waals surface area contributed by atoms with Crippen LogP contribution < -0.4 is 5.32 Å². The molecule has 1 saturated carbocycles. The topological polar surface area (TPSA) is 69.7 Å². The van der Waals surface area contributed by atoms with Crippen LogP contribution in [-0.4, -0.2) is 62.3 Å². The number of hydrogen-bond acceptors (Lipinski definition) is 4. The highest BCUT2D eigenvalue weighted by Crippen LogP contribution is 2.29. The Bertz CT molecular complexity index is 1030. The van der Waals surface area contributed by atoms with Crippen LogP contribution in [0, 0.1) is 11.8 Å². The minimum absolute atomic E-state index is 0.0526. The highest BCUT2D eigenvalue weighted by atomic mass is 32.2. The fraction of sp³-hybridized carbons (Fsp3) is 0.542. The highest BCUT2D eigenvalue weighted by Gasteiger charge is 2.31. The van der Waals surface area contributed by atoms with Crippen molar-refractivity contribution in [2.75, 3.05) is 32.7 Å². The summed E-state index contributed by atoms with van der Waals surface area (Å²) >= 11 is 0. The number of nitrogens with one attached hydrogen (secondary N) is 1. The molecule has 0 radical (unpaired) electrons. The fourth-order valence-corrected chi connectivity index (χ4v) is 6.30. The number of rotatable bonds is 5. The van der Waals surface area contributed by atoms with E-state index in [1.165, 1.54) is 17.1 Å². The number of benzene rings is 2. The molecule has 1 heterocycles. The van der Waals surface area contributed by atoms with Crippen LogP contribution in [0.1, 0.15) is 33.1 Å². The van der Waals surface area contributed by atoms with Crippen molar-refractivity contribution in [1.82, 2.24) is 14.5 Å². The molecule has 0 spiro atoms. The first-order valence-electron chi connectivity index (χ1n) is 11.4. The smallest absolute Gasteiger partial charge is 0.243 e. The Morgan fingerprint density at radius 2 is 1.71 bits per heavy atom. The molecule has 2 aromatic rings. The lowest BCUT2D eigenvalue weighted by atomic mass is 9.78. The van der Waals surface area contributed by atoms with E-state index in [1.807, 2.05) is 30.3 Å². The third kappa shape index (κ3) is 4.94. The van der Waals surface area contributed by atoms with Gasteiger partial charge in [0.1, 0.15) is 0 Å². The van der Waals surface area contributed by atoms with Crippen molar-refractivity contribution in [2.45, 2.75) is 44.0 Å². The van der Waals surface area contributed by atoms with E-state index in [0.29, 0.717) is 49.5 Å². The molecular formula is C24H33N3O3S. The molecule has 0 aromatic heterocycles. The minimum atomic E-state index is -3.54. The van der Waals surface area contributed by atoms with E-state index in [0.717, 1.165) is 17.2 Å². The second kappa shape index (κ2) is 9.27. The van der Waals surface area contributed by atoms with Crippen molar-refractivity contribution in [3.8, 4) is 0 Å². The van der Waals surface area contributed by atoms with Gasteiger partial charge in [0.2, 0.25) is 15.9 Å². The predicted molar refractivity (Wildman–Crippen MR) is 123 cm³/mol. The van der Waals surface area contributed by atoms with Crippen LogP contribution in [0.4, 0.5) is 0 Å². The van der Waals surface area contributed by atoms with Crippen molar-refractivity contribution >= 4 is 26.7 Å². The van der Waals surface area contributed by atoms with E-state index in [4.69, 9.17) is 0 Å². The molecule has 6 nitrogen and oxygen atoms in total. The predicted octanol–water partition coefficient (Wildman–Crippen LogP) is 3.09. The van der Waals surface area contributed by atoms with Crippen LogP contribution in [0.3, 0.4) is 0 Å². The average molecular weight is 444 g/mol. The van der Waals surface area contributed by atoms with Crippen molar-refractivity contribution in [1.29, 1.82) is 0 Å². The molecule has 1 aliphatic carbocycles. The van der Waals surface area contributed by atoms with Crippen LogP contribution in [0.25, 0.3) is 10.8 Å². The molecule has 2 aromatic carbocycles. The average Bonchev–Trinajstić information content (AvgIpc) is 2.77. The van der Waals surface area contributed by atoms with Gasteiger partial charge in [-0.3, -0.25) is 9.69 Å². The summed E-state index contributed by atoms with van der Waals surface area (Å²) in [5.74, 6) is 1.20. The third-order valence-electron chi connectivity index (χ3n) is 7.11. The summed E-state index contributed by atoms with van der Waals surface area (Å²) in [7, 11) is -3.54. The fourth-order valence-electron chi connectivity index (χ4n) is 4.85. The SMILES string of the molecule is C[C@H]1[C@@H](NC(=O)CN2CCN(S(=O)(=O)c3ccc4ccccc4c3)CC2)CCC[C@@H]1C. The molecule has 4 rings (SSSR count). The van der Waals surface area contributed by atoms with Crippen molar-refractivity contribution in [3.05, 3.63) is 42.5 Å². The number of amides is 1. The largest absolute Gasteiger partial charge is 0.352 e. The molecule has 1 saturated heterocycles. The molecule has 31 heavy (non-hydrogen) atoms. The Kier molecular flexibility index (Phi) is 6.65. The first-order chi connectivity index (χ1) is 14.8. The van der Waals surface area contributed by atoms with Crippen LogP contribution >= 0.6 is 0 Å². The Morgan fingerprint density at radius 3 is 2.45 bits per heavy atom. The summed E-state index contributed by atoms with van der Waals surface area (Å²) in [6, 6.07) is 13.3. The molecule has 168 valence electrons. The maximum absolute atomic E-state index is 13.1. The van der Waals surface area contributed by atoms with E-state index < -0.39 is 10.0 Å². The minimum Gasteiger partial charge on any atom is -0.352 e. The van der Waals surface area contributed by atoms with Gasteiger partial charge in [-0.1, -0.05) is 57.0 Å². The van der Waals surface area contributed by atoms with Gasteiger partial charge in [-0.25, -0.2) is 8.42 Å². The lowest BCUT2D eigenvalue weighted by Gasteiger charge is -2.36. The van der Waals surface area contributed by atoms with Gasteiger partial charge in [0.05, 0.1) is 11.4 Å². The molecule has 2 fully saturated rings. The summed E-state index contributed by atoms with van der Waals surface area (Å²) in [6.07, 6.45) is 3.46. The number of carbonyl (C=O) groups is 1. The van der Waals surface area contributed by atoms with Crippen molar-refractivity contribution < 1.29 is 13.2 Å². The molecule has 1 aliphatic heterocycles. The maximum Gasteiger partial charge on any atom is 0.243 e. The first-order valence-corrected chi connectivity index (χ1v) is 12.8.